The van der Waals surface area contributed by atoms with Gasteiger partial charge in [0.25, 0.3) is 0 Å². The molecule has 6 nitrogen and oxygen atoms in total. The molecule has 1 aromatic heterocycles. The molecule has 2 aromatic carbocycles. The number of ketones is 1. The highest BCUT2D eigenvalue weighted by atomic mass is 35.5. The Morgan fingerprint density at radius 2 is 2.19 bits per heavy atom. The number of allylic oxidation sites excluding steroid dienone is 1. The summed E-state index contributed by atoms with van der Waals surface area (Å²) in [6, 6.07) is 8.20. The fraction of sp³-hybridized carbons (Fsp3) is 0.321. The van der Waals surface area contributed by atoms with Gasteiger partial charge in [0, 0.05) is 35.5 Å². The number of ether oxygens (including phenoxy) is 1. The van der Waals surface area contributed by atoms with E-state index >= 15 is 0 Å². The Morgan fingerprint density at radius 1 is 1.33 bits per heavy atom. The molecule has 8 heteroatoms. The lowest BCUT2D eigenvalue weighted by atomic mass is 9.98. The van der Waals surface area contributed by atoms with E-state index in [-0.39, 0.29) is 22.6 Å². The van der Waals surface area contributed by atoms with Gasteiger partial charge in [-0.3, -0.25) is 4.79 Å². The Kier molecular flexibility index (Phi) is 6.76. The van der Waals surface area contributed by atoms with Gasteiger partial charge in [-0.05, 0) is 62.5 Å². The summed E-state index contributed by atoms with van der Waals surface area (Å²) in [5, 5.41) is 3.94. The molecule has 3 aromatic rings. The van der Waals surface area contributed by atoms with Crippen molar-refractivity contribution in [3.05, 3.63) is 70.8 Å². The molecule has 0 radical (unpaired) electrons. The number of aromatic nitrogens is 2. The second kappa shape index (κ2) is 9.98. The molecule has 0 bridgehead atoms. The van der Waals surface area contributed by atoms with Crippen molar-refractivity contribution >= 4 is 39.8 Å². The summed E-state index contributed by atoms with van der Waals surface area (Å²) in [6.45, 7) is 2.11. The van der Waals surface area contributed by atoms with Crippen molar-refractivity contribution in [2.75, 3.05) is 39.2 Å². The number of hydrogen-bond donors (Lipinski definition) is 1. The van der Waals surface area contributed by atoms with E-state index < -0.39 is 5.82 Å². The fourth-order valence-corrected chi connectivity index (χ4v) is 4.58. The van der Waals surface area contributed by atoms with Crippen molar-refractivity contribution in [3.63, 3.8) is 0 Å². The second-order valence-electron chi connectivity index (χ2n) is 9.63. The molecule has 0 spiro atoms. The van der Waals surface area contributed by atoms with Crippen molar-refractivity contribution in [3.8, 4) is 11.8 Å². The summed E-state index contributed by atoms with van der Waals surface area (Å²) in [5.74, 6) is 7.30. The summed E-state index contributed by atoms with van der Waals surface area (Å²) >= 11 is 5.95. The maximum atomic E-state index is 13.6. The SMILES string of the molecule is CN(C)C/C=C/C(=O)Cc1cc2c(Nc3ccc(F)c(Cl)c3)ncnc2cc1C#C[C@@]12COC[C@@H]1C2. The lowest BCUT2D eigenvalue weighted by Crippen LogP contribution is -2.11. The maximum Gasteiger partial charge on any atom is 0.159 e. The summed E-state index contributed by atoms with van der Waals surface area (Å²) in [6.07, 6.45) is 6.19. The molecule has 2 fully saturated rings. The first-order valence-electron chi connectivity index (χ1n) is 11.8. The third-order valence-electron chi connectivity index (χ3n) is 6.54. The van der Waals surface area contributed by atoms with Crippen LogP contribution in [0.5, 0.6) is 0 Å². The molecule has 2 atom stereocenters. The minimum atomic E-state index is -0.494. The Balaban J connectivity index is 1.51. The van der Waals surface area contributed by atoms with Gasteiger partial charge >= 0.3 is 0 Å². The summed E-state index contributed by atoms with van der Waals surface area (Å²) in [5.41, 5.74) is 2.81. The molecule has 1 aliphatic carbocycles. The lowest BCUT2D eigenvalue weighted by molar-refractivity contribution is -0.114. The smallest absolute Gasteiger partial charge is 0.159 e. The maximum absolute atomic E-state index is 13.6. The van der Waals surface area contributed by atoms with Gasteiger partial charge in [-0.25, -0.2) is 14.4 Å². The number of halogens is 2. The lowest BCUT2D eigenvalue weighted by Gasteiger charge is -2.12. The molecule has 0 amide bonds. The monoisotopic (exact) mass is 504 g/mol. The predicted octanol–water partition coefficient (Wildman–Crippen LogP) is 4.78. The zero-order chi connectivity index (χ0) is 25.3. The topological polar surface area (TPSA) is 67.4 Å². The Labute approximate surface area is 214 Å². The molecule has 1 N–H and O–H groups in total. The van der Waals surface area contributed by atoms with Crippen molar-refractivity contribution in [2.24, 2.45) is 11.3 Å². The number of benzene rings is 2. The van der Waals surface area contributed by atoms with Crippen LogP contribution in [0.15, 0.2) is 48.8 Å². The Morgan fingerprint density at radius 3 is 2.92 bits per heavy atom. The van der Waals surface area contributed by atoms with Crippen LogP contribution in [0.2, 0.25) is 5.02 Å². The zero-order valence-electron chi connectivity index (χ0n) is 20.1. The van der Waals surface area contributed by atoms with Gasteiger partial charge in [0.05, 0.1) is 29.2 Å². The number of carbonyl (C=O) groups excluding carboxylic acids is 1. The van der Waals surface area contributed by atoms with Gasteiger partial charge in [-0.15, -0.1) is 0 Å². The van der Waals surface area contributed by atoms with Crippen molar-refractivity contribution in [2.45, 2.75) is 12.8 Å². The van der Waals surface area contributed by atoms with E-state index in [0.29, 0.717) is 36.1 Å². The number of hydrogen-bond acceptors (Lipinski definition) is 6. The highest BCUT2D eigenvalue weighted by Gasteiger charge is 2.57. The normalized spacial score (nSPS) is 20.4. The van der Waals surface area contributed by atoms with Crippen LogP contribution >= 0.6 is 11.6 Å². The standard InChI is InChI=1S/C28H26ClFN4O2/c1-34(2)9-3-4-22(35)10-19-11-23-26(12-18(19)7-8-28-14-20(28)15-36-16-28)31-17-32-27(23)33-21-5-6-25(30)24(29)13-21/h3-6,11-13,17,20H,9-10,14-16H2,1-2H3,(H,31,32,33)/b4-3+/t20-,28+/m0/s1. The largest absolute Gasteiger partial charge is 0.380 e. The van der Waals surface area contributed by atoms with Gasteiger partial charge in [-0.2, -0.15) is 0 Å². The van der Waals surface area contributed by atoms with Gasteiger partial charge in [0.15, 0.2) is 5.78 Å². The molecule has 2 aliphatic rings. The van der Waals surface area contributed by atoms with Crippen LogP contribution in [0.1, 0.15) is 17.5 Å². The fourth-order valence-electron chi connectivity index (χ4n) is 4.40. The highest BCUT2D eigenvalue weighted by molar-refractivity contribution is 6.31. The molecule has 0 unspecified atom stereocenters. The number of anilines is 2. The average Bonchev–Trinajstić information content (AvgIpc) is 3.38. The molecule has 184 valence electrons. The summed E-state index contributed by atoms with van der Waals surface area (Å²) in [4.78, 5) is 23.6. The number of fused-ring (bicyclic) bond motifs is 2. The van der Waals surface area contributed by atoms with Gasteiger partial charge in [0.2, 0.25) is 0 Å². The quantitative estimate of drug-likeness (QED) is 0.369. The Bertz CT molecular complexity index is 1430. The highest BCUT2D eigenvalue weighted by Crippen LogP contribution is 2.56. The minimum Gasteiger partial charge on any atom is -0.380 e. The van der Waals surface area contributed by atoms with Crippen LogP contribution in [0.25, 0.3) is 10.9 Å². The van der Waals surface area contributed by atoms with Crippen molar-refractivity contribution in [1.82, 2.24) is 14.9 Å². The van der Waals surface area contributed by atoms with Gasteiger partial charge < -0.3 is 15.0 Å². The van der Waals surface area contributed by atoms with Crippen LogP contribution in [0.4, 0.5) is 15.9 Å². The molecular formula is C28H26ClFN4O2. The summed E-state index contributed by atoms with van der Waals surface area (Å²) < 4.78 is 19.2. The number of nitrogens with one attached hydrogen (secondary N) is 1. The predicted molar refractivity (Wildman–Crippen MR) is 139 cm³/mol. The van der Waals surface area contributed by atoms with E-state index in [9.17, 15) is 9.18 Å². The van der Waals surface area contributed by atoms with Crippen LogP contribution in [0, 0.1) is 29.0 Å². The van der Waals surface area contributed by atoms with E-state index in [1.165, 1.54) is 18.5 Å². The van der Waals surface area contributed by atoms with E-state index in [4.69, 9.17) is 16.3 Å². The molecule has 1 aliphatic heterocycles. The van der Waals surface area contributed by atoms with Crippen LogP contribution < -0.4 is 5.32 Å². The van der Waals surface area contributed by atoms with E-state index in [2.05, 4.69) is 27.1 Å². The Hall–Kier alpha value is -3.31. The number of rotatable bonds is 7. The van der Waals surface area contributed by atoms with Crippen LogP contribution in [-0.4, -0.2) is 54.5 Å². The van der Waals surface area contributed by atoms with Crippen LogP contribution in [0.3, 0.4) is 0 Å². The third kappa shape index (κ3) is 5.26. The third-order valence-corrected chi connectivity index (χ3v) is 6.83. The van der Waals surface area contributed by atoms with E-state index in [1.54, 1.807) is 12.1 Å². The molecule has 1 saturated carbocycles. The zero-order valence-corrected chi connectivity index (χ0v) is 20.9. The van der Waals surface area contributed by atoms with E-state index in [0.717, 1.165) is 29.5 Å². The number of nitrogens with zero attached hydrogens (tertiary/aromatic N) is 3. The molecular weight excluding hydrogens is 479 g/mol. The first kappa shape index (κ1) is 24.4. The number of carbonyl (C=O) groups is 1. The molecule has 5 rings (SSSR count). The van der Waals surface area contributed by atoms with Crippen molar-refractivity contribution in [1.29, 1.82) is 0 Å². The first-order chi connectivity index (χ1) is 17.3. The van der Waals surface area contributed by atoms with Crippen LogP contribution in [-0.2, 0) is 16.0 Å². The van der Waals surface area contributed by atoms with Crippen molar-refractivity contribution < 1.29 is 13.9 Å². The second-order valence-corrected chi connectivity index (χ2v) is 10.0. The molecule has 2 heterocycles. The average molecular weight is 505 g/mol. The number of likely N-dealkylation sites (N-methyl/N-ethyl adjacent to an activating group) is 1. The summed E-state index contributed by atoms with van der Waals surface area (Å²) in [7, 11) is 3.90. The van der Waals surface area contributed by atoms with E-state index in [1.807, 2.05) is 37.2 Å². The van der Waals surface area contributed by atoms with Gasteiger partial charge in [0.1, 0.15) is 18.0 Å². The molecule has 36 heavy (non-hydrogen) atoms. The minimum absolute atomic E-state index is 0.0115. The van der Waals surface area contributed by atoms with Gasteiger partial charge in [-0.1, -0.05) is 29.5 Å². The first-order valence-corrected chi connectivity index (χ1v) is 12.2. The molecule has 1 saturated heterocycles.